The van der Waals surface area contributed by atoms with Crippen molar-refractivity contribution in [2.45, 2.75) is 26.8 Å². The second-order valence-electron chi connectivity index (χ2n) is 4.81. The van der Waals surface area contributed by atoms with Crippen LogP contribution in [-0.4, -0.2) is 26.5 Å². The second kappa shape index (κ2) is 4.46. The number of anilines is 1. The van der Waals surface area contributed by atoms with E-state index in [1.165, 1.54) is 0 Å². The minimum Gasteiger partial charge on any atom is -0.336 e. The molecule has 0 unspecified atom stereocenters. The van der Waals surface area contributed by atoms with Gasteiger partial charge in [-0.05, 0) is 19.4 Å². The van der Waals surface area contributed by atoms with E-state index in [-0.39, 0.29) is 5.56 Å². The maximum atomic E-state index is 12.0. The van der Waals surface area contributed by atoms with Gasteiger partial charge < -0.3 is 9.88 Å². The van der Waals surface area contributed by atoms with Crippen LogP contribution in [0.1, 0.15) is 22.6 Å². The van der Waals surface area contributed by atoms with Gasteiger partial charge in [-0.1, -0.05) is 0 Å². The first kappa shape index (κ1) is 11.8. The van der Waals surface area contributed by atoms with E-state index in [0.717, 1.165) is 29.8 Å². The van der Waals surface area contributed by atoms with Gasteiger partial charge in [0.05, 0.1) is 17.8 Å². The summed E-state index contributed by atoms with van der Waals surface area (Å²) in [5.41, 5.74) is 2.58. The lowest BCUT2D eigenvalue weighted by Crippen LogP contribution is -2.36. The van der Waals surface area contributed by atoms with Gasteiger partial charge in [0.2, 0.25) is 5.95 Å². The zero-order valence-electron chi connectivity index (χ0n) is 11.0. The van der Waals surface area contributed by atoms with Crippen LogP contribution in [0.4, 0.5) is 5.95 Å². The lowest BCUT2D eigenvalue weighted by atomic mass is 10.1. The molecule has 2 aromatic heterocycles. The molecule has 2 aromatic rings. The predicted molar refractivity (Wildman–Crippen MR) is 71.1 cm³/mol. The Morgan fingerprint density at radius 3 is 2.74 bits per heavy atom. The van der Waals surface area contributed by atoms with Crippen molar-refractivity contribution in [1.29, 1.82) is 0 Å². The fourth-order valence-corrected chi connectivity index (χ4v) is 2.27. The van der Waals surface area contributed by atoms with Gasteiger partial charge >= 0.3 is 0 Å². The Kier molecular flexibility index (Phi) is 2.77. The Morgan fingerprint density at radius 2 is 2.00 bits per heavy atom. The van der Waals surface area contributed by atoms with E-state index >= 15 is 0 Å². The lowest BCUT2D eigenvalue weighted by molar-refractivity contribution is 0.673. The van der Waals surface area contributed by atoms with Gasteiger partial charge in [-0.25, -0.2) is 15.0 Å². The number of fused-ring (bicyclic) bond motifs is 1. The summed E-state index contributed by atoms with van der Waals surface area (Å²) >= 11 is 0. The van der Waals surface area contributed by atoms with Crippen LogP contribution in [0.5, 0.6) is 0 Å². The van der Waals surface area contributed by atoms with Crippen molar-refractivity contribution in [3.8, 4) is 0 Å². The summed E-state index contributed by atoms with van der Waals surface area (Å²) < 4.78 is 0. The molecule has 3 rings (SSSR count). The third-order valence-corrected chi connectivity index (χ3v) is 3.24. The lowest BCUT2D eigenvalue weighted by Gasteiger charge is -2.27. The Hall–Kier alpha value is -2.24. The van der Waals surface area contributed by atoms with Gasteiger partial charge in [0.25, 0.3) is 5.56 Å². The Labute approximate surface area is 110 Å². The van der Waals surface area contributed by atoms with Crippen molar-refractivity contribution in [2.24, 2.45) is 0 Å². The molecule has 1 aliphatic rings. The molecule has 0 saturated heterocycles. The Morgan fingerprint density at radius 1 is 1.26 bits per heavy atom. The van der Waals surface area contributed by atoms with E-state index in [1.807, 2.05) is 11.8 Å². The first-order valence-electron chi connectivity index (χ1n) is 6.26. The SMILES string of the molecule is Cc1cnc(N2CCc3nc(C)[nH]c(=O)c3C2)nc1. The van der Waals surface area contributed by atoms with Crippen molar-refractivity contribution in [3.05, 3.63) is 45.4 Å². The highest BCUT2D eigenvalue weighted by molar-refractivity contribution is 5.36. The molecular formula is C13H15N5O. The van der Waals surface area contributed by atoms with Gasteiger partial charge in [-0.15, -0.1) is 0 Å². The van der Waals surface area contributed by atoms with Crippen LogP contribution in [-0.2, 0) is 13.0 Å². The standard InChI is InChI=1S/C13H15N5O/c1-8-5-14-13(15-6-8)18-4-3-11-10(7-18)12(19)17-9(2)16-11/h5-6H,3-4,7H2,1-2H3,(H,16,17,19). The molecule has 6 nitrogen and oxygen atoms in total. The molecule has 0 aliphatic carbocycles. The van der Waals surface area contributed by atoms with Crippen molar-refractivity contribution in [2.75, 3.05) is 11.4 Å². The fraction of sp³-hybridized carbons (Fsp3) is 0.385. The highest BCUT2D eigenvalue weighted by Crippen LogP contribution is 2.17. The first-order chi connectivity index (χ1) is 9.13. The van der Waals surface area contributed by atoms with Crippen molar-refractivity contribution in [3.63, 3.8) is 0 Å². The summed E-state index contributed by atoms with van der Waals surface area (Å²) in [4.78, 5) is 29.7. The minimum atomic E-state index is -0.0562. The van der Waals surface area contributed by atoms with Gasteiger partial charge in [0, 0.05) is 25.4 Å². The summed E-state index contributed by atoms with van der Waals surface area (Å²) in [6.07, 6.45) is 4.32. The van der Waals surface area contributed by atoms with Crippen molar-refractivity contribution >= 4 is 5.95 Å². The molecule has 1 N–H and O–H groups in total. The van der Waals surface area contributed by atoms with E-state index in [0.29, 0.717) is 18.3 Å². The number of hydrogen-bond acceptors (Lipinski definition) is 5. The van der Waals surface area contributed by atoms with Crippen LogP contribution in [0, 0.1) is 13.8 Å². The summed E-state index contributed by atoms with van der Waals surface area (Å²) in [5, 5.41) is 0. The monoisotopic (exact) mass is 257 g/mol. The zero-order chi connectivity index (χ0) is 13.4. The number of nitrogens with one attached hydrogen (secondary N) is 1. The molecule has 19 heavy (non-hydrogen) atoms. The Balaban J connectivity index is 1.94. The summed E-state index contributed by atoms with van der Waals surface area (Å²) in [6.45, 7) is 5.05. The van der Waals surface area contributed by atoms with Gasteiger partial charge in [0.1, 0.15) is 5.82 Å². The molecule has 0 aromatic carbocycles. The highest BCUT2D eigenvalue weighted by Gasteiger charge is 2.22. The molecule has 0 fully saturated rings. The third kappa shape index (κ3) is 2.21. The summed E-state index contributed by atoms with van der Waals surface area (Å²) in [5.74, 6) is 1.33. The van der Waals surface area contributed by atoms with Crippen LogP contribution in [0.25, 0.3) is 0 Å². The quantitative estimate of drug-likeness (QED) is 0.815. The molecule has 1 aliphatic heterocycles. The zero-order valence-corrected chi connectivity index (χ0v) is 11.0. The van der Waals surface area contributed by atoms with E-state index in [9.17, 15) is 4.79 Å². The molecule has 0 radical (unpaired) electrons. The van der Waals surface area contributed by atoms with Crippen LogP contribution >= 0.6 is 0 Å². The van der Waals surface area contributed by atoms with Crippen LogP contribution < -0.4 is 10.5 Å². The van der Waals surface area contributed by atoms with E-state index in [1.54, 1.807) is 19.3 Å². The maximum absolute atomic E-state index is 12.0. The van der Waals surface area contributed by atoms with Crippen molar-refractivity contribution < 1.29 is 0 Å². The first-order valence-corrected chi connectivity index (χ1v) is 6.26. The van der Waals surface area contributed by atoms with Gasteiger partial charge in [-0.3, -0.25) is 4.79 Å². The molecule has 0 spiro atoms. The molecule has 98 valence electrons. The van der Waals surface area contributed by atoms with Gasteiger partial charge in [-0.2, -0.15) is 0 Å². The third-order valence-electron chi connectivity index (χ3n) is 3.24. The highest BCUT2D eigenvalue weighted by atomic mass is 16.1. The summed E-state index contributed by atoms with van der Waals surface area (Å²) in [6, 6.07) is 0. The minimum absolute atomic E-state index is 0.0562. The molecule has 6 heteroatoms. The average molecular weight is 257 g/mol. The van der Waals surface area contributed by atoms with Crippen LogP contribution in [0.15, 0.2) is 17.2 Å². The second-order valence-corrected chi connectivity index (χ2v) is 4.81. The molecule has 3 heterocycles. The van der Waals surface area contributed by atoms with Gasteiger partial charge in [0.15, 0.2) is 0 Å². The van der Waals surface area contributed by atoms with Crippen LogP contribution in [0.3, 0.4) is 0 Å². The molecule has 0 amide bonds. The largest absolute Gasteiger partial charge is 0.336 e. The van der Waals surface area contributed by atoms with E-state index in [2.05, 4.69) is 19.9 Å². The van der Waals surface area contributed by atoms with Crippen LogP contribution in [0.2, 0.25) is 0 Å². The molecule has 0 saturated carbocycles. The van der Waals surface area contributed by atoms with E-state index in [4.69, 9.17) is 0 Å². The predicted octanol–water partition coefficient (Wildman–Crippen LogP) is 0.739. The maximum Gasteiger partial charge on any atom is 0.256 e. The van der Waals surface area contributed by atoms with E-state index < -0.39 is 0 Å². The number of nitrogens with zero attached hydrogens (tertiary/aromatic N) is 4. The Bertz CT molecular complexity index is 662. The number of aromatic nitrogens is 4. The van der Waals surface area contributed by atoms with Crippen molar-refractivity contribution in [1.82, 2.24) is 19.9 Å². The fourth-order valence-electron chi connectivity index (χ4n) is 2.27. The number of H-pyrrole nitrogens is 1. The molecule has 0 bridgehead atoms. The smallest absolute Gasteiger partial charge is 0.256 e. The topological polar surface area (TPSA) is 74.8 Å². The number of hydrogen-bond donors (Lipinski definition) is 1. The summed E-state index contributed by atoms with van der Waals surface area (Å²) in [7, 11) is 0. The molecule has 0 atom stereocenters. The molecular weight excluding hydrogens is 242 g/mol. The average Bonchev–Trinajstić information content (AvgIpc) is 2.39. The normalized spacial score (nSPS) is 14.3. The number of aromatic amines is 1. The number of aryl methyl sites for hydroxylation is 2. The number of rotatable bonds is 1.